The monoisotopic (exact) mass is 360 g/mol. The maximum Gasteiger partial charge on any atom is 0.261 e. The molecule has 1 aromatic carbocycles. The van der Waals surface area contributed by atoms with E-state index >= 15 is 0 Å². The zero-order valence-electron chi connectivity index (χ0n) is 12.4. The van der Waals surface area contributed by atoms with Crippen LogP contribution < -0.4 is 5.56 Å². The van der Waals surface area contributed by atoms with E-state index in [1.807, 2.05) is 13.0 Å². The van der Waals surface area contributed by atoms with E-state index in [1.165, 1.54) is 10.5 Å². The van der Waals surface area contributed by atoms with Crippen molar-refractivity contribution in [1.29, 1.82) is 0 Å². The van der Waals surface area contributed by atoms with Gasteiger partial charge in [0.1, 0.15) is 11.5 Å². The summed E-state index contributed by atoms with van der Waals surface area (Å²) in [4.78, 5) is 16.9. The van der Waals surface area contributed by atoms with E-state index in [-0.39, 0.29) is 11.4 Å². The Balaban J connectivity index is 2.46. The van der Waals surface area contributed by atoms with Gasteiger partial charge in [-0.3, -0.25) is 9.20 Å². The van der Waals surface area contributed by atoms with Gasteiger partial charge >= 0.3 is 0 Å². The van der Waals surface area contributed by atoms with Crippen LogP contribution in [0.15, 0.2) is 39.7 Å². The highest BCUT2D eigenvalue weighted by Crippen LogP contribution is 2.29. The molecular weight excluding hydrogens is 347 g/mol. The van der Waals surface area contributed by atoms with Crippen molar-refractivity contribution in [2.24, 2.45) is 0 Å². The molecular formula is C17H14BrFN2O. The van der Waals surface area contributed by atoms with Crippen molar-refractivity contribution in [3.63, 3.8) is 0 Å². The second-order valence-electron chi connectivity index (χ2n) is 5.38. The normalized spacial score (nSPS) is 11.1. The molecule has 3 rings (SSSR count). The number of hydrogen-bond donors (Lipinski definition) is 0. The topological polar surface area (TPSA) is 34.4 Å². The summed E-state index contributed by atoms with van der Waals surface area (Å²) in [6, 6.07) is 6.82. The molecule has 0 bridgehead atoms. The first-order valence-corrected chi connectivity index (χ1v) is 7.63. The Bertz CT molecular complexity index is 963. The summed E-state index contributed by atoms with van der Waals surface area (Å²) in [5.74, 6) is -0.326. The van der Waals surface area contributed by atoms with Gasteiger partial charge in [0.2, 0.25) is 0 Å². The third-order valence-corrected chi connectivity index (χ3v) is 4.21. The molecule has 2 heterocycles. The molecule has 2 aromatic heterocycles. The van der Waals surface area contributed by atoms with Gasteiger partial charge in [0.15, 0.2) is 0 Å². The Morgan fingerprint density at radius 1 is 1.14 bits per heavy atom. The Morgan fingerprint density at radius 3 is 2.55 bits per heavy atom. The molecule has 0 aliphatic carbocycles. The smallest absolute Gasteiger partial charge is 0.261 e. The van der Waals surface area contributed by atoms with Crippen LogP contribution in [0.1, 0.15) is 16.8 Å². The number of aromatic nitrogens is 2. The van der Waals surface area contributed by atoms with Gasteiger partial charge < -0.3 is 0 Å². The fourth-order valence-corrected chi connectivity index (χ4v) is 2.87. The molecule has 0 atom stereocenters. The quantitative estimate of drug-likeness (QED) is 0.652. The van der Waals surface area contributed by atoms with Crippen LogP contribution in [0.3, 0.4) is 0 Å². The average Bonchev–Trinajstić information content (AvgIpc) is 2.46. The predicted molar refractivity (Wildman–Crippen MR) is 88.8 cm³/mol. The summed E-state index contributed by atoms with van der Waals surface area (Å²) in [5, 5.41) is 0. The van der Waals surface area contributed by atoms with Gasteiger partial charge in [-0.15, -0.1) is 0 Å². The number of aryl methyl sites for hydroxylation is 2. The number of hydrogen-bond acceptors (Lipinski definition) is 2. The summed E-state index contributed by atoms with van der Waals surface area (Å²) >= 11 is 3.39. The average molecular weight is 361 g/mol. The van der Waals surface area contributed by atoms with Crippen LogP contribution in [0.5, 0.6) is 0 Å². The first kappa shape index (κ1) is 14.9. The zero-order valence-corrected chi connectivity index (χ0v) is 14.0. The van der Waals surface area contributed by atoms with Crippen LogP contribution in [0.2, 0.25) is 0 Å². The Hall–Kier alpha value is -2.01. The van der Waals surface area contributed by atoms with Crippen molar-refractivity contribution in [1.82, 2.24) is 9.38 Å². The minimum atomic E-state index is -0.326. The van der Waals surface area contributed by atoms with E-state index < -0.39 is 0 Å². The summed E-state index contributed by atoms with van der Waals surface area (Å²) < 4.78 is 16.5. The van der Waals surface area contributed by atoms with Gasteiger partial charge in [-0.25, -0.2) is 9.37 Å². The van der Waals surface area contributed by atoms with Crippen LogP contribution in [-0.4, -0.2) is 9.38 Å². The van der Waals surface area contributed by atoms with Crippen LogP contribution in [-0.2, 0) is 0 Å². The van der Waals surface area contributed by atoms with Crippen LogP contribution in [0.25, 0.3) is 16.8 Å². The molecule has 0 radical (unpaired) electrons. The SMILES string of the molecule is Cc1ccc(-c2cc(Br)cn3c(=O)c(C)c(C)nc23)c(F)c1. The van der Waals surface area contributed by atoms with Crippen molar-refractivity contribution in [3.8, 4) is 11.1 Å². The highest BCUT2D eigenvalue weighted by Gasteiger charge is 2.14. The molecule has 0 N–H and O–H groups in total. The number of benzene rings is 1. The van der Waals surface area contributed by atoms with E-state index in [0.717, 1.165) is 5.56 Å². The first-order valence-electron chi connectivity index (χ1n) is 6.84. The standard InChI is InChI=1S/C17H14BrFN2O/c1-9-4-5-13(15(19)6-9)14-7-12(18)8-21-16(14)20-11(3)10(2)17(21)22/h4-8H,1-3H3. The summed E-state index contributed by atoms with van der Waals surface area (Å²) in [6.45, 7) is 5.36. The summed E-state index contributed by atoms with van der Waals surface area (Å²) in [6.07, 6.45) is 1.66. The van der Waals surface area contributed by atoms with E-state index in [9.17, 15) is 9.18 Å². The molecule has 0 saturated carbocycles. The Morgan fingerprint density at radius 2 is 1.86 bits per heavy atom. The lowest BCUT2D eigenvalue weighted by molar-refractivity contribution is 0.630. The molecule has 0 fully saturated rings. The Labute approximate surface area is 135 Å². The van der Waals surface area contributed by atoms with Gasteiger partial charge in [-0.05, 0) is 54.4 Å². The van der Waals surface area contributed by atoms with Crippen LogP contribution >= 0.6 is 15.9 Å². The predicted octanol–water partition coefficient (Wildman–Crippen LogP) is 4.19. The summed E-state index contributed by atoms with van der Waals surface area (Å²) in [7, 11) is 0. The summed E-state index contributed by atoms with van der Waals surface area (Å²) in [5.41, 5.74) is 3.42. The molecule has 0 aliphatic rings. The molecule has 0 aliphatic heterocycles. The van der Waals surface area contributed by atoms with E-state index in [1.54, 1.807) is 32.2 Å². The number of fused-ring (bicyclic) bond motifs is 1. The molecule has 112 valence electrons. The van der Waals surface area contributed by atoms with Gasteiger partial charge in [0, 0.05) is 33.1 Å². The maximum absolute atomic E-state index is 14.3. The number of halogens is 2. The van der Waals surface area contributed by atoms with Crippen molar-refractivity contribution in [3.05, 3.63) is 67.9 Å². The highest BCUT2D eigenvalue weighted by molar-refractivity contribution is 9.10. The second kappa shape index (κ2) is 5.32. The molecule has 3 nitrogen and oxygen atoms in total. The highest BCUT2D eigenvalue weighted by atomic mass is 79.9. The third kappa shape index (κ3) is 2.35. The number of pyridine rings is 1. The van der Waals surface area contributed by atoms with E-state index in [4.69, 9.17) is 0 Å². The lowest BCUT2D eigenvalue weighted by Gasteiger charge is -2.11. The van der Waals surface area contributed by atoms with Gasteiger partial charge in [-0.2, -0.15) is 0 Å². The van der Waals surface area contributed by atoms with Crippen molar-refractivity contribution < 1.29 is 4.39 Å². The minimum absolute atomic E-state index is 0.141. The molecule has 0 unspecified atom stereocenters. The van der Waals surface area contributed by atoms with Crippen LogP contribution in [0, 0.1) is 26.6 Å². The largest absolute Gasteiger partial charge is 0.269 e. The molecule has 0 saturated heterocycles. The third-order valence-electron chi connectivity index (χ3n) is 3.77. The minimum Gasteiger partial charge on any atom is -0.269 e. The van der Waals surface area contributed by atoms with E-state index in [0.29, 0.717) is 32.5 Å². The molecule has 5 heteroatoms. The fraction of sp³-hybridized carbons (Fsp3) is 0.176. The van der Waals surface area contributed by atoms with Crippen molar-refractivity contribution >= 4 is 21.6 Å². The number of rotatable bonds is 1. The Kier molecular flexibility index (Phi) is 3.60. The first-order chi connectivity index (χ1) is 10.4. The van der Waals surface area contributed by atoms with Crippen molar-refractivity contribution in [2.75, 3.05) is 0 Å². The molecule has 0 amide bonds. The van der Waals surface area contributed by atoms with Crippen molar-refractivity contribution in [2.45, 2.75) is 20.8 Å². The van der Waals surface area contributed by atoms with Gasteiger partial charge in [-0.1, -0.05) is 12.1 Å². The molecule has 22 heavy (non-hydrogen) atoms. The lowest BCUT2D eigenvalue weighted by atomic mass is 10.0. The second-order valence-corrected chi connectivity index (χ2v) is 6.29. The maximum atomic E-state index is 14.3. The number of nitrogens with zero attached hydrogens (tertiary/aromatic N) is 2. The lowest BCUT2D eigenvalue weighted by Crippen LogP contribution is -2.19. The van der Waals surface area contributed by atoms with Crippen LogP contribution in [0.4, 0.5) is 4.39 Å². The molecule has 0 spiro atoms. The van der Waals surface area contributed by atoms with Gasteiger partial charge in [0.05, 0.1) is 0 Å². The van der Waals surface area contributed by atoms with Gasteiger partial charge in [0.25, 0.3) is 5.56 Å². The zero-order chi connectivity index (χ0) is 16.0. The molecule has 3 aromatic rings. The fourth-order valence-electron chi connectivity index (χ4n) is 2.44. The van der Waals surface area contributed by atoms with E-state index in [2.05, 4.69) is 20.9 Å².